The van der Waals surface area contributed by atoms with Crippen molar-refractivity contribution in [3.63, 3.8) is 0 Å². The molecular weight excluding hydrogens is 312 g/mol. The third-order valence-electron chi connectivity index (χ3n) is 5.11. The fourth-order valence-electron chi connectivity index (χ4n) is 3.54. The molecule has 0 aromatic heterocycles. The minimum absolute atomic E-state index is 0.110. The molecule has 0 bridgehead atoms. The molecule has 1 aromatic rings. The van der Waals surface area contributed by atoms with Crippen molar-refractivity contribution in [3.8, 4) is 0 Å². The summed E-state index contributed by atoms with van der Waals surface area (Å²) in [4.78, 5) is 15.2. The van der Waals surface area contributed by atoms with E-state index in [0.29, 0.717) is 6.61 Å². The molecule has 0 aliphatic carbocycles. The van der Waals surface area contributed by atoms with Crippen molar-refractivity contribution in [2.45, 2.75) is 64.3 Å². The van der Waals surface area contributed by atoms with E-state index < -0.39 is 5.54 Å². The number of piperidine rings is 1. The average Bonchev–Trinajstić information content (AvgIpc) is 2.64. The second-order valence-corrected chi connectivity index (χ2v) is 7.05. The summed E-state index contributed by atoms with van der Waals surface area (Å²) in [6, 6.07) is 10.0. The Hall–Kier alpha value is -1.55. The fraction of sp³-hybridized carbons (Fsp3) is 0.667. The van der Waals surface area contributed by atoms with E-state index in [4.69, 9.17) is 4.74 Å². The lowest BCUT2D eigenvalue weighted by Crippen LogP contribution is -2.55. The van der Waals surface area contributed by atoms with Crippen LogP contribution >= 0.6 is 0 Å². The number of anilines is 1. The third kappa shape index (κ3) is 6.03. The van der Waals surface area contributed by atoms with Gasteiger partial charge in [0.25, 0.3) is 0 Å². The first-order chi connectivity index (χ1) is 12.2. The molecule has 2 rings (SSSR count). The number of likely N-dealkylation sites (tertiary alicyclic amines) is 1. The highest BCUT2D eigenvalue weighted by atomic mass is 16.5. The lowest BCUT2D eigenvalue weighted by Gasteiger charge is -2.41. The van der Waals surface area contributed by atoms with E-state index in [9.17, 15) is 4.79 Å². The van der Waals surface area contributed by atoms with Gasteiger partial charge in [-0.1, -0.05) is 50.8 Å². The molecule has 140 valence electrons. The topological polar surface area (TPSA) is 41.6 Å². The number of nitrogens with one attached hydrogen (secondary N) is 1. The zero-order chi connectivity index (χ0) is 18.0. The molecule has 0 amide bonds. The van der Waals surface area contributed by atoms with Crippen molar-refractivity contribution in [2.24, 2.45) is 0 Å². The van der Waals surface area contributed by atoms with E-state index >= 15 is 0 Å². The van der Waals surface area contributed by atoms with E-state index in [1.807, 2.05) is 37.3 Å². The number of unbranched alkanes of at least 4 members (excludes halogenated alkanes) is 4. The Morgan fingerprint density at radius 2 is 1.76 bits per heavy atom. The summed E-state index contributed by atoms with van der Waals surface area (Å²) in [5, 5.41) is 3.48. The van der Waals surface area contributed by atoms with Crippen LogP contribution in [0.4, 0.5) is 5.69 Å². The molecule has 1 fully saturated rings. The Morgan fingerprint density at radius 3 is 2.40 bits per heavy atom. The molecular formula is C21H34N2O2. The predicted octanol–water partition coefficient (Wildman–Crippen LogP) is 4.47. The molecule has 1 aromatic carbocycles. The monoisotopic (exact) mass is 346 g/mol. The number of hydrogen-bond donors (Lipinski definition) is 1. The third-order valence-corrected chi connectivity index (χ3v) is 5.11. The Labute approximate surface area is 152 Å². The van der Waals surface area contributed by atoms with Crippen molar-refractivity contribution in [1.82, 2.24) is 4.90 Å². The maximum atomic E-state index is 12.7. The van der Waals surface area contributed by atoms with Gasteiger partial charge in [0, 0.05) is 18.8 Å². The smallest absolute Gasteiger partial charge is 0.331 e. The molecule has 0 unspecified atom stereocenters. The number of rotatable bonds is 10. The lowest BCUT2D eigenvalue weighted by atomic mass is 9.86. The van der Waals surface area contributed by atoms with Gasteiger partial charge in [-0.25, -0.2) is 4.79 Å². The van der Waals surface area contributed by atoms with Crippen molar-refractivity contribution >= 4 is 11.7 Å². The number of carbonyl (C=O) groups is 1. The minimum Gasteiger partial charge on any atom is -0.464 e. The highest BCUT2D eigenvalue weighted by Crippen LogP contribution is 2.29. The van der Waals surface area contributed by atoms with Crippen LogP contribution in [-0.4, -0.2) is 42.6 Å². The summed E-state index contributed by atoms with van der Waals surface area (Å²) in [5.74, 6) is -0.110. The van der Waals surface area contributed by atoms with Gasteiger partial charge in [0.2, 0.25) is 0 Å². The largest absolute Gasteiger partial charge is 0.464 e. The van der Waals surface area contributed by atoms with Crippen LogP contribution in [0.15, 0.2) is 30.3 Å². The van der Waals surface area contributed by atoms with Gasteiger partial charge in [-0.3, -0.25) is 0 Å². The molecule has 0 radical (unpaired) electrons. The van der Waals surface area contributed by atoms with Gasteiger partial charge in [-0.2, -0.15) is 0 Å². The van der Waals surface area contributed by atoms with Crippen LogP contribution in [0.3, 0.4) is 0 Å². The molecule has 1 saturated heterocycles. The van der Waals surface area contributed by atoms with Crippen LogP contribution in [0.25, 0.3) is 0 Å². The summed E-state index contributed by atoms with van der Waals surface area (Å²) in [6.45, 7) is 7.60. The predicted molar refractivity (Wildman–Crippen MR) is 104 cm³/mol. The number of para-hydroxylation sites is 1. The van der Waals surface area contributed by atoms with Crippen LogP contribution in [0.5, 0.6) is 0 Å². The quantitative estimate of drug-likeness (QED) is 0.501. The molecule has 1 aliphatic rings. The summed E-state index contributed by atoms with van der Waals surface area (Å²) in [5.41, 5.74) is 0.402. The highest BCUT2D eigenvalue weighted by Gasteiger charge is 2.42. The van der Waals surface area contributed by atoms with E-state index in [0.717, 1.165) is 38.2 Å². The average molecular weight is 347 g/mol. The van der Waals surface area contributed by atoms with E-state index in [2.05, 4.69) is 17.1 Å². The van der Waals surface area contributed by atoms with Crippen molar-refractivity contribution in [2.75, 3.05) is 31.6 Å². The van der Waals surface area contributed by atoms with Crippen LogP contribution < -0.4 is 5.32 Å². The van der Waals surface area contributed by atoms with Crippen molar-refractivity contribution in [1.29, 1.82) is 0 Å². The first kappa shape index (κ1) is 19.8. The van der Waals surface area contributed by atoms with Gasteiger partial charge < -0.3 is 15.0 Å². The molecule has 1 aliphatic heterocycles. The van der Waals surface area contributed by atoms with E-state index in [-0.39, 0.29) is 5.97 Å². The maximum Gasteiger partial charge on any atom is 0.331 e. The number of carbonyl (C=O) groups excluding carboxylic acids is 1. The van der Waals surface area contributed by atoms with Crippen LogP contribution in [0.2, 0.25) is 0 Å². The second kappa shape index (κ2) is 10.4. The normalized spacial score (nSPS) is 17.2. The number of hydrogen-bond acceptors (Lipinski definition) is 4. The standard InChI is InChI=1S/C21H34N2O2/c1-3-5-6-7-11-16-23-17-14-21(15-18-23,20(24)25-4-2)22-19-12-9-8-10-13-19/h8-10,12-13,22H,3-7,11,14-18H2,1-2H3. The van der Waals surface area contributed by atoms with Crippen LogP contribution in [0.1, 0.15) is 58.8 Å². The molecule has 1 N–H and O–H groups in total. The maximum absolute atomic E-state index is 12.7. The van der Waals surface area contributed by atoms with Gasteiger partial charge in [0.1, 0.15) is 5.54 Å². The second-order valence-electron chi connectivity index (χ2n) is 7.05. The zero-order valence-electron chi connectivity index (χ0n) is 15.9. The summed E-state index contributed by atoms with van der Waals surface area (Å²) in [6.07, 6.45) is 8.15. The highest BCUT2D eigenvalue weighted by molar-refractivity contribution is 5.84. The molecule has 0 saturated carbocycles. The first-order valence-corrected chi connectivity index (χ1v) is 9.93. The van der Waals surface area contributed by atoms with Gasteiger partial charge in [-0.15, -0.1) is 0 Å². The number of nitrogens with zero attached hydrogens (tertiary/aromatic N) is 1. The van der Waals surface area contributed by atoms with Crippen LogP contribution in [-0.2, 0) is 9.53 Å². The summed E-state index contributed by atoms with van der Waals surface area (Å²) >= 11 is 0. The fourth-order valence-corrected chi connectivity index (χ4v) is 3.54. The molecule has 4 nitrogen and oxygen atoms in total. The molecule has 1 heterocycles. The Bertz CT molecular complexity index is 496. The van der Waals surface area contributed by atoms with Crippen molar-refractivity contribution in [3.05, 3.63) is 30.3 Å². The van der Waals surface area contributed by atoms with Gasteiger partial charge >= 0.3 is 5.97 Å². The van der Waals surface area contributed by atoms with Gasteiger partial charge in [0.05, 0.1) is 6.61 Å². The number of esters is 1. The van der Waals surface area contributed by atoms with E-state index in [1.54, 1.807) is 0 Å². The Kier molecular flexibility index (Phi) is 8.26. The SMILES string of the molecule is CCCCCCCN1CCC(Nc2ccccc2)(C(=O)OCC)CC1. The van der Waals surface area contributed by atoms with Gasteiger partial charge in [0.15, 0.2) is 0 Å². The van der Waals surface area contributed by atoms with Gasteiger partial charge in [-0.05, 0) is 44.9 Å². The zero-order valence-corrected chi connectivity index (χ0v) is 15.9. The lowest BCUT2D eigenvalue weighted by molar-refractivity contribution is -0.150. The molecule has 4 heteroatoms. The first-order valence-electron chi connectivity index (χ1n) is 9.93. The minimum atomic E-state index is -0.587. The van der Waals surface area contributed by atoms with Crippen molar-refractivity contribution < 1.29 is 9.53 Å². The Morgan fingerprint density at radius 1 is 1.08 bits per heavy atom. The number of ether oxygens (including phenoxy) is 1. The summed E-state index contributed by atoms with van der Waals surface area (Å²) < 4.78 is 5.40. The van der Waals surface area contributed by atoms with Crippen LogP contribution in [0, 0.1) is 0 Å². The molecule has 0 spiro atoms. The Balaban J connectivity index is 1.90. The summed E-state index contributed by atoms with van der Waals surface area (Å²) in [7, 11) is 0. The van der Waals surface area contributed by atoms with E-state index in [1.165, 1.54) is 32.1 Å². The molecule has 0 atom stereocenters. The number of benzene rings is 1. The molecule has 25 heavy (non-hydrogen) atoms.